The molecule has 0 radical (unpaired) electrons. The van der Waals surface area contributed by atoms with E-state index < -0.39 is 0 Å². The van der Waals surface area contributed by atoms with Crippen LogP contribution >= 0.6 is 15.9 Å². The number of carbonyl (C=O) groups excluding carboxylic acids is 1. The zero-order chi connectivity index (χ0) is 16.8. The standard InChI is InChI=1S/C18H24BrN3O/c1-13(12-22-15(3)10-14(2)21-22)11-20-18(23)9-8-16-6-4-5-7-17(16)19/h4-7,10,13H,8-9,11-12H2,1-3H3,(H,20,23). The Labute approximate surface area is 146 Å². The Morgan fingerprint density at radius 2 is 2.09 bits per heavy atom. The fourth-order valence-electron chi connectivity index (χ4n) is 2.55. The average Bonchev–Trinajstić information content (AvgIpc) is 2.82. The third kappa shape index (κ3) is 5.50. The number of nitrogens with zero attached hydrogens (tertiary/aromatic N) is 2. The predicted octanol–water partition coefficient (Wildman–Crippen LogP) is 3.65. The fraction of sp³-hybridized carbons (Fsp3) is 0.444. The van der Waals surface area contributed by atoms with E-state index in [0.717, 1.165) is 28.8 Å². The van der Waals surface area contributed by atoms with Crippen molar-refractivity contribution in [1.29, 1.82) is 0 Å². The molecule has 0 aliphatic heterocycles. The molecule has 0 aliphatic rings. The summed E-state index contributed by atoms with van der Waals surface area (Å²) < 4.78 is 3.07. The maximum Gasteiger partial charge on any atom is 0.220 e. The van der Waals surface area contributed by atoms with E-state index in [-0.39, 0.29) is 5.91 Å². The molecule has 1 N–H and O–H groups in total. The van der Waals surface area contributed by atoms with Crippen molar-refractivity contribution < 1.29 is 4.79 Å². The molecule has 4 nitrogen and oxygen atoms in total. The summed E-state index contributed by atoms with van der Waals surface area (Å²) in [5, 5.41) is 7.49. The van der Waals surface area contributed by atoms with E-state index in [1.165, 1.54) is 5.56 Å². The molecule has 1 atom stereocenters. The summed E-state index contributed by atoms with van der Waals surface area (Å²) >= 11 is 3.51. The predicted molar refractivity (Wildman–Crippen MR) is 96.3 cm³/mol. The highest BCUT2D eigenvalue weighted by Gasteiger charge is 2.09. The smallest absolute Gasteiger partial charge is 0.220 e. The number of aromatic nitrogens is 2. The van der Waals surface area contributed by atoms with E-state index >= 15 is 0 Å². The highest BCUT2D eigenvalue weighted by molar-refractivity contribution is 9.10. The van der Waals surface area contributed by atoms with Crippen LogP contribution in [0.1, 0.15) is 30.3 Å². The Kier molecular flexibility index (Phi) is 6.39. The van der Waals surface area contributed by atoms with Crippen LogP contribution in [0.2, 0.25) is 0 Å². The number of aryl methyl sites for hydroxylation is 3. The number of nitrogens with one attached hydrogen (secondary N) is 1. The van der Waals surface area contributed by atoms with Crippen molar-refractivity contribution in [3.05, 3.63) is 51.8 Å². The fourth-order valence-corrected chi connectivity index (χ4v) is 3.03. The molecule has 23 heavy (non-hydrogen) atoms. The van der Waals surface area contributed by atoms with E-state index in [2.05, 4.69) is 46.3 Å². The lowest BCUT2D eigenvalue weighted by Crippen LogP contribution is -2.30. The van der Waals surface area contributed by atoms with Gasteiger partial charge in [0.25, 0.3) is 0 Å². The molecule has 2 aromatic rings. The molecule has 1 heterocycles. The molecule has 124 valence electrons. The highest BCUT2D eigenvalue weighted by atomic mass is 79.9. The van der Waals surface area contributed by atoms with Crippen LogP contribution in [0.15, 0.2) is 34.8 Å². The summed E-state index contributed by atoms with van der Waals surface area (Å²) in [7, 11) is 0. The monoisotopic (exact) mass is 377 g/mol. The second-order valence-corrected chi connectivity index (χ2v) is 6.96. The molecule has 1 unspecified atom stereocenters. The first kappa shape index (κ1) is 17.7. The van der Waals surface area contributed by atoms with Gasteiger partial charge in [-0.25, -0.2) is 0 Å². The van der Waals surface area contributed by atoms with Gasteiger partial charge in [-0.3, -0.25) is 9.48 Å². The molecule has 0 saturated carbocycles. The van der Waals surface area contributed by atoms with E-state index in [4.69, 9.17) is 0 Å². The number of carbonyl (C=O) groups is 1. The van der Waals surface area contributed by atoms with Gasteiger partial charge in [0.15, 0.2) is 0 Å². The summed E-state index contributed by atoms with van der Waals surface area (Å²) in [5.74, 6) is 0.446. The van der Waals surface area contributed by atoms with E-state index in [9.17, 15) is 4.79 Å². The summed E-state index contributed by atoms with van der Waals surface area (Å²) in [6.07, 6.45) is 1.26. The van der Waals surface area contributed by atoms with Crippen LogP contribution in [0.4, 0.5) is 0 Å². The second-order valence-electron chi connectivity index (χ2n) is 6.11. The molecule has 1 aromatic carbocycles. The Morgan fingerprint density at radius 3 is 2.74 bits per heavy atom. The van der Waals surface area contributed by atoms with Crippen molar-refractivity contribution in [1.82, 2.24) is 15.1 Å². The molecule has 0 aliphatic carbocycles. The normalized spacial score (nSPS) is 12.2. The van der Waals surface area contributed by atoms with Gasteiger partial charge in [-0.05, 0) is 43.9 Å². The molecule has 2 rings (SSSR count). The lowest BCUT2D eigenvalue weighted by Gasteiger charge is -2.14. The van der Waals surface area contributed by atoms with Gasteiger partial charge < -0.3 is 5.32 Å². The molecule has 1 amide bonds. The summed E-state index contributed by atoms with van der Waals surface area (Å²) in [6, 6.07) is 10.1. The summed E-state index contributed by atoms with van der Waals surface area (Å²) in [4.78, 5) is 12.0. The molecular weight excluding hydrogens is 354 g/mol. The third-order valence-corrected chi connectivity index (χ3v) is 4.59. The Bertz CT molecular complexity index is 666. The number of rotatable bonds is 7. The lowest BCUT2D eigenvalue weighted by molar-refractivity contribution is -0.121. The maximum absolute atomic E-state index is 12.0. The number of halogens is 1. The third-order valence-electron chi connectivity index (χ3n) is 3.81. The zero-order valence-electron chi connectivity index (χ0n) is 14.0. The second kappa shape index (κ2) is 8.29. The van der Waals surface area contributed by atoms with Crippen LogP contribution in [0.5, 0.6) is 0 Å². The van der Waals surface area contributed by atoms with Crippen molar-refractivity contribution in [3.63, 3.8) is 0 Å². The van der Waals surface area contributed by atoms with Crippen LogP contribution in [0.3, 0.4) is 0 Å². The first-order chi connectivity index (χ1) is 11.0. The van der Waals surface area contributed by atoms with Gasteiger partial charge in [0, 0.05) is 29.7 Å². The maximum atomic E-state index is 12.0. The minimum Gasteiger partial charge on any atom is -0.356 e. The number of amides is 1. The van der Waals surface area contributed by atoms with E-state index in [1.807, 2.05) is 35.9 Å². The highest BCUT2D eigenvalue weighted by Crippen LogP contribution is 2.17. The first-order valence-electron chi connectivity index (χ1n) is 7.97. The largest absolute Gasteiger partial charge is 0.356 e. The van der Waals surface area contributed by atoms with Crippen LogP contribution in [-0.4, -0.2) is 22.2 Å². The van der Waals surface area contributed by atoms with Gasteiger partial charge in [0.05, 0.1) is 5.69 Å². The quantitative estimate of drug-likeness (QED) is 0.800. The van der Waals surface area contributed by atoms with Crippen LogP contribution in [-0.2, 0) is 17.8 Å². The Morgan fingerprint density at radius 1 is 1.35 bits per heavy atom. The SMILES string of the molecule is Cc1cc(C)n(CC(C)CNC(=O)CCc2ccccc2Br)n1. The first-order valence-corrected chi connectivity index (χ1v) is 8.76. The van der Waals surface area contributed by atoms with Crippen LogP contribution < -0.4 is 5.32 Å². The van der Waals surface area contributed by atoms with Gasteiger partial charge in [0.2, 0.25) is 5.91 Å². The van der Waals surface area contributed by atoms with Crippen molar-refractivity contribution in [2.24, 2.45) is 5.92 Å². The molecule has 0 saturated heterocycles. The van der Waals surface area contributed by atoms with Gasteiger partial charge in [-0.2, -0.15) is 5.10 Å². The Hall–Kier alpha value is -1.62. The van der Waals surface area contributed by atoms with Crippen molar-refractivity contribution in [2.75, 3.05) is 6.54 Å². The average molecular weight is 378 g/mol. The molecule has 0 bridgehead atoms. The number of benzene rings is 1. The van der Waals surface area contributed by atoms with Gasteiger partial charge in [0.1, 0.15) is 0 Å². The van der Waals surface area contributed by atoms with Gasteiger partial charge >= 0.3 is 0 Å². The zero-order valence-corrected chi connectivity index (χ0v) is 15.6. The number of hydrogen-bond acceptors (Lipinski definition) is 2. The van der Waals surface area contributed by atoms with Crippen molar-refractivity contribution in [2.45, 2.75) is 40.2 Å². The van der Waals surface area contributed by atoms with Crippen molar-refractivity contribution >= 4 is 21.8 Å². The molecule has 5 heteroatoms. The van der Waals surface area contributed by atoms with Gasteiger partial charge in [-0.1, -0.05) is 41.1 Å². The summed E-state index contributed by atoms with van der Waals surface area (Å²) in [6.45, 7) is 7.68. The van der Waals surface area contributed by atoms with Crippen LogP contribution in [0, 0.1) is 19.8 Å². The van der Waals surface area contributed by atoms with Crippen LogP contribution in [0.25, 0.3) is 0 Å². The molecule has 1 aromatic heterocycles. The molecule has 0 fully saturated rings. The molecular formula is C18H24BrN3O. The lowest BCUT2D eigenvalue weighted by atomic mass is 10.1. The molecule has 0 spiro atoms. The van der Waals surface area contributed by atoms with Gasteiger partial charge in [-0.15, -0.1) is 0 Å². The summed E-state index contributed by atoms with van der Waals surface area (Å²) in [5.41, 5.74) is 3.36. The Balaban J connectivity index is 1.73. The minimum absolute atomic E-state index is 0.0981. The number of hydrogen-bond donors (Lipinski definition) is 1. The van der Waals surface area contributed by atoms with E-state index in [0.29, 0.717) is 18.9 Å². The van der Waals surface area contributed by atoms with E-state index in [1.54, 1.807) is 0 Å². The van der Waals surface area contributed by atoms with Crippen molar-refractivity contribution in [3.8, 4) is 0 Å². The topological polar surface area (TPSA) is 46.9 Å². The minimum atomic E-state index is 0.0981.